The van der Waals surface area contributed by atoms with E-state index in [2.05, 4.69) is 13.5 Å². The molecule has 1 saturated carbocycles. The molecular weight excluding hydrogens is 136 g/mol. The fourth-order valence-electron chi connectivity index (χ4n) is 2.24. The summed E-state index contributed by atoms with van der Waals surface area (Å²) in [4.78, 5) is 11.3. The standard InChI is InChI=1S/C10H16O/c1-6(2)10-7(3)5-9(11)8(10)4/h7-8,10H,1,5H2,2-4H3. The third kappa shape index (κ3) is 1.37. The maximum Gasteiger partial charge on any atom is 0.136 e. The van der Waals surface area contributed by atoms with Crippen molar-refractivity contribution in [3.05, 3.63) is 12.2 Å². The van der Waals surface area contributed by atoms with Crippen molar-refractivity contribution in [1.82, 2.24) is 0 Å². The lowest BCUT2D eigenvalue weighted by Crippen LogP contribution is -2.13. The first-order valence-electron chi connectivity index (χ1n) is 4.22. The first-order valence-corrected chi connectivity index (χ1v) is 4.22. The van der Waals surface area contributed by atoms with Gasteiger partial charge in [0.25, 0.3) is 0 Å². The van der Waals surface area contributed by atoms with Crippen LogP contribution < -0.4 is 0 Å². The van der Waals surface area contributed by atoms with Crippen LogP contribution in [0.1, 0.15) is 27.2 Å². The van der Waals surface area contributed by atoms with E-state index in [4.69, 9.17) is 0 Å². The Morgan fingerprint density at radius 1 is 1.55 bits per heavy atom. The predicted molar refractivity (Wildman–Crippen MR) is 46.3 cm³/mol. The van der Waals surface area contributed by atoms with Crippen LogP contribution in [-0.2, 0) is 4.79 Å². The van der Waals surface area contributed by atoms with Crippen LogP contribution in [0.15, 0.2) is 12.2 Å². The highest BCUT2D eigenvalue weighted by molar-refractivity contribution is 5.84. The van der Waals surface area contributed by atoms with Gasteiger partial charge in [-0.2, -0.15) is 0 Å². The minimum atomic E-state index is 0.211. The Morgan fingerprint density at radius 3 is 2.27 bits per heavy atom. The minimum Gasteiger partial charge on any atom is -0.299 e. The zero-order chi connectivity index (χ0) is 8.59. The second-order valence-electron chi connectivity index (χ2n) is 3.81. The number of ketones is 1. The van der Waals surface area contributed by atoms with E-state index >= 15 is 0 Å². The van der Waals surface area contributed by atoms with Crippen LogP contribution in [-0.4, -0.2) is 5.78 Å². The number of rotatable bonds is 1. The molecule has 3 atom stereocenters. The van der Waals surface area contributed by atoms with Gasteiger partial charge in [-0.3, -0.25) is 4.79 Å². The molecule has 1 aliphatic carbocycles. The minimum absolute atomic E-state index is 0.211. The van der Waals surface area contributed by atoms with E-state index < -0.39 is 0 Å². The third-order valence-corrected chi connectivity index (χ3v) is 2.75. The second kappa shape index (κ2) is 2.80. The van der Waals surface area contributed by atoms with Gasteiger partial charge in [0, 0.05) is 12.3 Å². The summed E-state index contributed by atoms with van der Waals surface area (Å²) < 4.78 is 0. The zero-order valence-electron chi connectivity index (χ0n) is 7.55. The van der Waals surface area contributed by atoms with Crippen molar-refractivity contribution in [2.75, 3.05) is 0 Å². The van der Waals surface area contributed by atoms with Gasteiger partial charge in [0.15, 0.2) is 0 Å². The van der Waals surface area contributed by atoms with Crippen molar-refractivity contribution in [3.63, 3.8) is 0 Å². The van der Waals surface area contributed by atoms with Gasteiger partial charge >= 0.3 is 0 Å². The molecule has 1 heteroatoms. The third-order valence-electron chi connectivity index (χ3n) is 2.75. The van der Waals surface area contributed by atoms with Crippen molar-refractivity contribution in [2.24, 2.45) is 17.8 Å². The lowest BCUT2D eigenvalue weighted by Gasteiger charge is -2.18. The molecule has 62 valence electrons. The van der Waals surface area contributed by atoms with Gasteiger partial charge in [-0.05, 0) is 18.8 Å². The first-order chi connectivity index (χ1) is 5.04. The molecular formula is C10H16O. The summed E-state index contributed by atoms with van der Waals surface area (Å²) in [5.41, 5.74) is 1.16. The van der Waals surface area contributed by atoms with Crippen LogP contribution in [0.2, 0.25) is 0 Å². The largest absolute Gasteiger partial charge is 0.299 e. The Bertz CT molecular complexity index is 193. The molecule has 0 aromatic rings. The van der Waals surface area contributed by atoms with Gasteiger partial charge in [0.1, 0.15) is 5.78 Å². The van der Waals surface area contributed by atoms with E-state index in [1.54, 1.807) is 0 Å². The number of hydrogen-bond donors (Lipinski definition) is 0. The number of allylic oxidation sites excluding steroid dienone is 1. The van der Waals surface area contributed by atoms with Crippen LogP contribution in [0.5, 0.6) is 0 Å². The molecule has 0 amide bonds. The molecule has 1 aliphatic rings. The molecule has 0 heterocycles. The Hall–Kier alpha value is -0.590. The monoisotopic (exact) mass is 152 g/mol. The molecule has 3 unspecified atom stereocenters. The highest BCUT2D eigenvalue weighted by Gasteiger charge is 2.36. The average Bonchev–Trinajstić information content (AvgIpc) is 2.07. The smallest absolute Gasteiger partial charge is 0.136 e. The second-order valence-corrected chi connectivity index (χ2v) is 3.81. The molecule has 0 aromatic heterocycles. The van der Waals surface area contributed by atoms with Gasteiger partial charge in [0.05, 0.1) is 0 Å². The van der Waals surface area contributed by atoms with Gasteiger partial charge in [-0.25, -0.2) is 0 Å². The molecule has 11 heavy (non-hydrogen) atoms. The maximum absolute atomic E-state index is 11.3. The Balaban J connectivity index is 2.79. The van der Waals surface area contributed by atoms with E-state index in [9.17, 15) is 4.79 Å². The highest BCUT2D eigenvalue weighted by Crippen LogP contribution is 2.37. The molecule has 1 fully saturated rings. The Kier molecular flexibility index (Phi) is 2.17. The molecule has 0 aliphatic heterocycles. The molecule has 0 bridgehead atoms. The van der Waals surface area contributed by atoms with Crippen molar-refractivity contribution >= 4 is 5.78 Å². The fraction of sp³-hybridized carbons (Fsp3) is 0.700. The fourth-order valence-corrected chi connectivity index (χ4v) is 2.24. The SMILES string of the molecule is C=C(C)C1C(C)CC(=O)C1C. The number of hydrogen-bond acceptors (Lipinski definition) is 1. The van der Waals surface area contributed by atoms with Gasteiger partial charge in [-0.15, -0.1) is 0 Å². The predicted octanol–water partition coefficient (Wildman–Crippen LogP) is 2.42. The van der Waals surface area contributed by atoms with E-state index in [0.717, 1.165) is 12.0 Å². The van der Waals surface area contributed by atoms with E-state index in [1.165, 1.54) is 0 Å². The van der Waals surface area contributed by atoms with Crippen LogP contribution in [0.4, 0.5) is 0 Å². The van der Waals surface area contributed by atoms with Crippen molar-refractivity contribution in [2.45, 2.75) is 27.2 Å². The van der Waals surface area contributed by atoms with E-state index in [1.807, 2.05) is 13.8 Å². The molecule has 0 saturated heterocycles. The lowest BCUT2D eigenvalue weighted by atomic mass is 9.86. The summed E-state index contributed by atoms with van der Waals surface area (Å²) in [5, 5.41) is 0. The van der Waals surface area contributed by atoms with Crippen LogP contribution >= 0.6 is 0 Å². The van der Waals surface area contributed by atoms with Crippen molar-refractivity contribution in [1.29, 1.82) is 0 Å². The molecule has 0 aromatic carbocycles. The van der Waals surface area contributed by atoms with Crippen molar-refractivity contribution < 1.29 is 4.79 Å². The van der Waals surface area contributed by atoms with Gasteiger partial charge in [-0.1, -0.05) is 26.0 Å². The Labute approximate surface area is 68.5 Å². The average molecular weight is 152 g/mol. The number of Topliss-reactive ketones (excluding diaryl/α,β-unsaturated/α-hetero) is 1. The van der Waals surface area contributed by atoms with Crippen LogP contribution in [0, 0.1) is 17.8 Å². The molecule has 0 N–H and O–H groups in total. The molecule has 0 radical (unpaired) electrons. The maximum atomic E-state index is 11.3. The zero-order valence-corrected chi connectivity index (χ0v) is 7.55. The normalized spacial score (nSPS) is 37.7. The van der Waals surface area contributed by atoms with Gasteiger partial charge in [0.2, 0.25) is 0 Å². The van der Waals surface area contributed by atoms with E-state index in [-0.39, 0.29) is 5.92 Å². The van der Waals surface area contributed by atoms with Crippen LogP contribution in [0.3, 0.4) is 0 Å². The van der Waals surface area contributed by atoms with Crippen molar-refractivity contribution in [3.8, 4) is 0 Å². The van der Waals surface area contributed by atoms with Crippen LogP contribution in [0.25, 0.3) is 0 Å². The molecule has 0 spiro atoms. The quantitative estimate of drug-likeness (QED) is 0.527. The summed E-state index contributed by atoms with van der Waals surface area (Å²) in [6.45, 7) is 10.1. The summed E-state index contributed by atoms with van der Waals surface area (Å²) >= 11 is 0. The Morgan fingerprint density at radius 2 is 2.09 bits per heavy atom. The summed E-state index contributed by atoms with van der Waals surface area (Å²) in [6.07, 6.45) is 0.749. The highest BCUT2D eigenvalue weighted by atomic mass is 16.1. The summed E-state index contributed by atoms with van der Waals surface area (Å²) in [6, 6.07) is 0. The first kappa shape index (κ1) is 8.51. The number of carbonyl (C=O) groups is 1. The summed E-state index contributed by atoms with van der Waals surface area (Å²) in [7, 11) is 0. The molecule has 1 rings (SSSR count). The topological polar surface area (TPSA) is 17.1 Å². The number of carbonyl (C=O) groups excluding carboxylic acids is 1. The lowest BCUT2D eigenvalue weighted by molar-refractivity contribution is -0.120. The summed E-state index contributed by atoms with van der Waals surface area (Å²) in [5.74, 6) is 1.56. The molecule has 1 nitrogen and oxygen atoms in total. The van der Waals surface area contributed by atoms with E-state index in [0.29, 0.717) is 17.6 Å². The van der Waals surface area contributed by atoms with Gasteiger partial charge < -0.3 is 0 Å².